The van der Waals surface area contributed by atoms with Crippen LogP contribution >= 0.6 is 23.5 Å². The van der Waals surface area contributed by atoms with Crippen molar-refractivity contribution >= 4 is 95.9 Å². The summed E-state index contributed by atoms with van der Waals surface area (Å²) in [7, 11) is -6.96. The summed E-state index contributed by atoms with van der Waals surface area (Å²) in [5.41, 5.74) is -1.55. The van der Waals surface area contributed by atoms with Crippen LogP contribution in [0.5, 0.6) is 0 Å². The summed E-state index contributed by atoms with van der Waals surface area (Å²) < 4.78 is 46.2. The van der Waals surface area contributed by atoms with Crippen molar-refractivity contribution in [3.63, 3.8) is 0 Å². The Morgan fingerprint density at radius 3 is 0.833 bits per heavy atom. The van der Waals surface area contributed by atoms with Crippen LogP contribution in [0.25, 0.3) is 0 Å². The second kappa shape index (κ2) is 33.2. The van der Waals surface area contributed by atoms with E-state index in [2.05, 4.69) is 47.6 Å². The van der Waals surface area contributed by atoms with Gasteiger partial charge in [-0.2, -0.15) is 0 Å². The van der Waals surface area contributed by atoms with Crippen molar-refractivity contribution < 1.29 is 75.6 Å². The van der Waals surface area contributed by atoms with E-state index >= 15 is 0 Å². The minimum atomic E-state index is -3.48. The number of rotatable bonds is 28. The molecule has 0 radical (unpaired) electrons. The van der Waals surface area contributed by atoms with Gasteiger partial charge in [0.05, 0.1) is 11.5 Å². The van der Waals surface area contributed by atoms with Gasteiger partial charge in [-0.15, -0.1) is 23.5 Å². The average Bonchev–Trinajstić information content (AvgIpc) is 3.30. The lowest BCUT2D eigenvalue weighted by Crippen LogP contribution is -2.39. The van der Waals surface area contributed by atoms with E-state index in [9.17, 15) is 55.2 Å². The van der Waals surface area contributed by atoms with Gasteiger partial charge in [-0.05, 0) is 38.5 Å². The molecule has 78 heavy (non-hydrogen) atoms. The van der Waals surface area contributed by atoms with Crippen molar-refractivity contribution in [3.05, 3.63) is 92.5 Å². The van der Waals surface area contributed by atoms with E-state index in [0.717, 1.165) is 29.2 Å². The Morgan fingerprint density at radius 2 is 0.654 bits per heavy atom. The molecule has 438 valence electrons. The van der Waals surface area contributed by atoms with Crippen LogP contribution in [0, 0.1) is 21.7 Å². The van der Waals surface area contributed by atoms with Crippen LogP contribution in [0.15, 0.2) is 92.5 Å². The van der Waals surface area contributed by atoms with Crippen molar-refractivity contribution in [1.29, 1.82) is 0 Å². The SMILES string of the molecule is C=CS(=O)(=O)CCNC(=O)CC(C)(C)C1=C(C)C(=O)C(C(C)(C)CC(=O)NCCS(=O)(=O)C=C)=C(C)C1=O.C=CSCCNC(=O)CC(C)(C)C1=C(C)C(=O)C(C(C)(C)CC(=O)NCCSC=C)=C(C)C1=O.CC(=O)O.OO. The molecule has 2 aliphatic carbocycles. The molecule has 0 saturated heterocycles. The van der Waals surface area contributed by atoms with Crippen LogP contribution in [-0.2, 0) is 62.8 Å². The minimum absolute atomic E-state index is 0.0918. The average molecular weight is 1170 g/mol. The van der Waals surface area contributed by atoms with E-state index in [1.165, 1.54) is 37.4 Å². The van der Waals surface area contributed by atoms with Crippen LogP contribution in [0.2, 0.25) is 0 Å². The fraction of sp³-hybridized carbons (Fsp3) is 0.537. The van der Waals surface area contributed by atoms with Gasteiger partial charge in [-0.25, -0.2) is 16.8 Å². The second-order valence-electron chi connectivity index (χ2n) is 20.6. The zero-order valence-corrected chi connectivity index (χ0v) is 50.7. The summed E-state index contributed by atoms with van der Waals surface area (Å²) in [6.07, 6.45) is -0.132. The van der Waals surface area contributed by atoms with Crippen LogP contribution in [0.3, 0.4) is 0 Å². The molecule has 0 atom stereocenters. The first kappa shape index (κ1) is 74.5. The molecule has 20 nitrogen and oxygen atoms in total. The molecule has 24 heteroatoms. The fourth-order valence-corrected chi connectivity index (χ4v) is 10.7. The fourth-order valence-electron chi connectivity index (χ4n) is 8.85. The Morgan fingerprint density at radius 1 is 0.462 bits per heavy atom. The van der Waals surface area contributed by atoms with Crippen LogP contribution in [0.4, 0.5) is 0 Å². The highest BCUT2D eigenvalue weighted by molar-refractivity contribution is 8.02. The molecule has 0 aromatic heterocycles. The van der Waals surface area contributed by atoms with Crippen molar-refractivity contribution in [1.82, 2.24) is 21.3 Å². The number of Topliss-reactive ketones (excluding diaryl/α,β-unsaturated/α-hetero) is 4. The van der Waals surface area contributed by atoms with Crippen LogP contribution in [0.1, 0.15) is 116 Å². The number of thioether (sulfide) groups is 2. The molecule has 0 spiro atoms. The number of carbonyl (C=O) groups excluding carboxylic acids is 8. The maximum absolute atomic E-state index is 13.5. The molecule has 2 aliphatic rings. The lowest BCUT2D eigenvalue weighted by atomic mass is 9.66. The lowest BCUT2D eigenvalue weighted by Gasteiger charge is -2.36. The normalized spacial score (nSPS) is 14.4. The Bertz CT molecular complexity index is 2510. The van der Waals surface area contributed by atoms with Crippen molar-refractivity contribution in [2.75, 3.05) is 49.2 Å². The third-order valence-electron chi connectivity index (χ3n) is 12.1. The first-order valence-electron chi connectivity index (χ1n) is 24.4. The first-order chi connectivity index (χ1) is 35.7. The number of hydrogen-bond donors (Lipinski definition) is 7. The standard InChI is InChI=1S/C26H38N2O8S2.C26H38N2O4S2.C2H4O2.H2O2/c1-9-37(33,34)13-11-27-19(29)15-25(5,6)21-17(3)24(32)22(18(4)23(21)31)26(7,8)16-20(30)28-12-14-38(35,36)10-2;1-9-33-13-11-27-19(29)15-25(5,6)21-17(3)24(32)22(18(4)23(21)31)26(7,8)16-20(30)28-12-14-34-10-2;1-2(3)4;1-2/h9-10H,1-2,11-16H2,3-8H3,(H,27,29)(H,28,30);9-10H,1-2,11-16H2,3-8H3,(H,27,29)(H,28,30);1H3,(H,3,4);1-2H. The Hall–Kier alpha value is -5.53. The number of aliphatic carboxylic acids is 1. The van der Waals surface area contributed by atoms with Gasteiger partial charge >= 0.3 is 0 Å². The summed E-state index contributed by atoms with van der Waals surface area (Å²) >= 11 is 3.02. The number of carboxylic acid groups (broad SMARTS) is 1. The highest BCUT2D eigenvalue weighted by Gasteiger charge is 2.45. The molecule has 0 aliphatic heterocycles. The third kappa shape index (κ3) is 24.2. The number of hydrogen-bond acceptors (Lipinski definition) is 17. The van der Waals surface area contributed by atoms with Gasteiger partial charge in [0.2, 0.25) is 23.6 Å². The minimum Gasteiger partial charge on any atom is -0.481 e. The summed E-state index contributed by atoms with van der Waals surface area (Å²) in [5, 5.41) is 35.2. The van der Waals surface area contributed by atoms with E-state index in [-0.39, 0.29) is 96.0 Å². The molecule has 0 saturated carbocycles. The molecule has 0 heterocycles. The quantitative estimate of drug-likeness (QED) is 0.0186. The maximum atomic E-state index is 13.5. The Labute approximate surface area is 469 Å². The van der Waals surface area contributed by atoms with Gasteiger partial charge in [0.1, 0.15) is 0 Å². The molecule has 0 bridgehead atoms. The van der Waals surface area contributed by atoms with Gasteiger partial charge in [0, 0.05) is 147 Å². The number of carboxylic acids is 1. The number of nitrogens with one attached hydrogen (secondary N) is 4. The first-order valence-corrected chi connectivity index (χ1v) is 29.9. The van der Waals surface area contributed by atoms with Gasteiger partial charge in [-0.3, -0.25) is 53.7 Å². The number of allylic oxidation sites excluding steroid dienone is 8. The van der Waals surface area contributed by atoms with Gasteiger partial charge in [0.25, 0.3) is 5.97 Å². The number of ketones is 4. The predicted octanol–water partition coefficient (Wildman–Crippen LogP) is 6.65. The van der Waals surface area contributed by atoms with Crippen molar-refractivity contribution in [3.8, 4) is 0 Å². The highest BCUT2D eigenvalue weighted by Crippen LogP contribution is 2.46. The van der Waals surface area contributed by atoms with E-state index in [4.69, 9.17) is 20.4 Å². The number of amides is 4. The van der Waals surface area contributed by atoms with E-state index in [1.54, 1.807) is 52.4 Å². The topological polar surface area (TPSA) is 331 Å². The molecule has 7 N–H and O–H groups in total. The Kier molecular flexibility index (Phi) is 31.7. The maximum Gasteiger partial charge on any atom is 0.300 e. The zero-order chi connectivity index (χ0) is 61.4. The summed E-state index contributed by atoms with van der Waals surface area (Å²) in [5.74, 6) is -2.58. The van der Waals surface area contributed by atoms with Gasteiger partial charge in [0.15, 0.2) is 42.8 Å². The molecular weight excluding hydrogens is 1090 g/mol. The molecule has 2 rings (SSSR count). The lowest BCUT2D eigenvalue weighted by molar-refractivity contribution is -0.176. The second-order valence-corrected chi connectivity index (χ2v) is 26.9. The van der Waals surface area contributed by atoms with Crippen LogP contribution in [-0.4, -0.2) is 134 Å². The smallest absolute Gasteiger partial charge is 0.300 e. The Balaban J connectivity index is 0. The zero-order valence-electron chi connectivity index (χ0n) is 47.4. The molecular formula is C54H82N4O16S4. The predicted molar refractivity (Wildman–Crippen MR) is 308 cm³/mol. The third-order valence-corrected chi connectivity index (χ3v) is 16.0. The molecule has 4 amide bonds. The largest absolute Gasteiger partial charge is 0.481 e. The van der Waals surface area contributed by atoms with Crippen molar-refractivity contribution in [2.45, 2.75) is 116 Å². The molecule has 0 fully saturated rings. The molecule has 0 aromatic rings. The van der Waals surface area contributed by atoms with Gasteiger partial charge in [-0.1, -0.05) is 81.7 Å². The summed E-state index contributed by atoms with van der Waals surface area (Å²) in [6.45, 7) is 35.7. The number of carbonyl (C=O) groups is 9. The van der Waals surface area contributed by atoms with Crippen molar-refractivity contribution in [2.24, 2.45) is 21.7 Å². The van der Waals surface area contributed by atoms with E-state index in [0.29, 0.717) is 35.4 Å². The monoisotopic (exact) mass is 1170 g/mol. The van der Waals surface area contributed by atoms with E-state index in [1.807, 2.05) is 27.7 Å². The summed E-state index contributed by atoms with van der Waals surface area (Å²) in [4.78, 5) is 113. The molecule has 0 aromatic carbocycles. The highest BCUT2D eigenvalue weighted by atomic mass is 32.2. The van der Waals surface area contributed by atoms with E-state index < -0.39 is 70.7 Å². The molecule has 0 unspecified atom stereocenters. The number of sulfone groups is 2. The summed E-state index contributed by atoms with van der Waals surface area (Å²) in [6, 6.07) is 0. The van der Waals surface area contributed by atoms with Crippen LogP contribution < -0.4 is 21.3 Å². The van der Waals surface area contributed by atoms with Gasteiger partial charge < -0.3 is 26.4 Å².